The Kier molecular flexibility index (Phi) is 17.0. The van der Waals surface area contributed by atoms with E-state index in [2.05, 4.69) is 133 Å². The first-order chi connectivity index (χ1) is 19.9. The van der Waals surface area contributed by atoms with Gasteiger partial charge in [0.15, 0.2) is 0 Å². The largest absolute Gasteiger partial charge is 0.0683 e. The van der Waals surface area contributed by atoms with Gasteiger partial charge in [0.25, 0.3) is 0 Å². The number of rotatable bonds is 2. The second kappa shape index (κ2) is 19.3. The Hall–Kier alpha value is -2.86. The van der Waals surface area contributed by atoms with Crippen molar-refractivity contribution in [1.82, 2.24) is 0 Å². The van der Waals surface area contributed by atoms with Gasteiger partial charge in [-0.1, -0.05) is 174 Å². The van der Waals surface area contributed by atoms with Crippen LogP contribution in [0.3, 0.4) is 0 Å². The topological polar surface area (TPSA) is 0 Å². The highest BCUT2D eigenvalue weighted by Gasteiger charge is 2.27. The minimum absolute atomic E-state index is 0.677. The zero-order chi connectivity index (χ0) is 30.9. The van der Waals surface area contributed by atoms with Gasteiger partial charge in [-0.25, -0.2) is 0 Å². The molecular formula is C41H60. The highest BCUT2D eigenvalue weighted by molar-refractivity contribution is 5.92. The molecule has 2 aliphatic rings. The van der Waals surface area contributed by atoms with E-state index in [1.54, 1.807) is 11.1 Å². The molecule has 0 aromatic heterocycles. The zero-order valence-electron chi connectivity index (χ0n) is 28.5. The minimum Gasteiger partial charge on any atom is -0.0683 e. The van der Waals surface area contributed by atoms with Crippen molar-refractivity contribution >= 4 is 10.8 Å². The molecule has 41 heavy (non-hydrogen) atoms. The molecule has 4 aromatic carbocycles. The monoisotopic (exact) mass is 552 g/mol. The Balaban J connectivity index is 0.000000285. The van der Waals surface area contributed by atoms with Crippen molar-refractivity contribution in [2.24, 2.45) is 5.92 Å². The first-order valence-corrected chi connectivity index (χ1v) is 16.6. The molecule has 0 fully saturated rings. The van der Waals surface area contributed by atoms with Crippen molar-refractivity contribution < 1.29 is 0 Å². The fraction of sp³-hybridized carbons (Fsp3) is 0.463. The summed E-state index contributed by atoms with van der Waals surface area (Å²) in [7, 11) is 0. The first-order valence-electron chi connectivity index (χ1n) is 16.6. The molecule has 2 aliphatic carbocycles. The predicted molar refractivity (Wildman–Crippen MR) is 188 cm³/mol. The van der Waals surface area contributed by atoms with Crippen LogP contribution < -0.4 is 0 Å². The summed E-state index contributed by atoms with van der Waals surface area (Å²) in [5, 5.41) is 2.91. The van der Waals surface area contributed by atoms with Gasteiger partial charge in [-0.05, 0) is 81.0 Å². The molecule has 0 aliphatic heterocycles. The van der Waals surface area contributed by atoms with Gasteiger partial charge < -0.3 is 0 Å². The van der Waals surface area contributed by atoms with Gasteiger partial charge >= 0.3 is 0 Å². The number of benzene rings is 4. The van der Waals surface area contributed by atoms with Gasteiger partial charge in [0.05, 0.1) is 0 Å². The lowest BCUT2D eigenvalue weighted by Gasteiger charge is -2.10. The van der Waals surface area contributed by atoms with E-state index in [4.69, 9.17) is 0 Å². The van der Waals surface area contributed by atoms with Gasteiger partial charge in [-0.3, -0.25) is 0 Å². The maximum Gasteiger partial charge on any atom is -0.0114 e. The third-order valence-corrected chi connectivity index (χ3v) is 8.62. The molecule has 0 radical (unpaired) electrons. The predicted octanol–water partition coefficient (Wildman–Crippen LogP) is 13.3. The zero-order valence-corrected chi connectivity index (χ0v) is 28.5. The average Bonchev–Trinajstić information content (AvgIpc) is 3.49. The van der Waals surface area contributed by atoms with Crippen LogP contribution in [0.2, 0.25) is 0 Å². The normalized spacial score (nSPS) is 19.6. The Morgan fingerprint density at radius 3 is 1.51 bits per heavy atom. The Morgan fingerprint density at radius 1 is 0.561 bits per heavy atom. The van der Waals surface area contributed by atoms with Crippen LogP contribution in [-0.2, 0) is 6.42 Å². The van der Waals surface area contributed by atoms with Crippen LogP contribution in [0.1, 0.15) is 141 Å². The summed E-state index contributed by atoms with van der Waals surface area (Å²) in [6, 6.07) is 32.8. The van der Waals surface area contributed by atoms with E-state index in [1.807, 2.05) is 41.5 Å². The second-order valence-electron chi connectivity index (χ2n) is 10.8. The fourth-order valence-corrected chi connectivity index (χ4v) is 5.71. The van der Waals surface area contributed by atoms with Gasteiger partial charge in [0, 0.05) is 0 Å². The van der Waals surface area contributed by atoms with E-state index in [0.717, 1.165) is 11.8 Å². The Labute approximate surface area is 254 Å². The molecule has 0 nitrogen and oxygen atoms in total. The summed E-state index contributed by atoms with van der Waals surface area (Å²) >= 11 is 0. The second-order valence-corrected chi connectivity index (χ2v) is 10.8. The lowest BCUT2D eigenvalue weighted by Crippen LogP contribution is -1.97. The molecule has 0 amide bonds. The average molecular weight is 553 g/mol. The minimum atomic E-state index is 0.677. The molecular weight excluding hydrogens is 492 g/mol. The van der Waals surface area contributed by atoms with Crippen LogP contribution in [0, 0.1) is 5.92 Å². The molecule has 4 aromatic rings. The summed E-state index contributed by atoms with van der Waals surface area (Å²) in [5.74, 6) is 3.67. The Morgan fingerprint density at radius 2 is 1.02 bits per heavy atom. The highest BCUT2D eigenvalue weighted by Crippen LogP contribution is 2.45. The van der Waals surface area contributed by atoms with E-state index in [9.17, 15) is 0 Å². The molecule has 0 saturated heterocycles. The van der Waals surface area contributed by atoms with Crippen molar-refractivity contribution in [2.45, 2.75) is 120 Å². The van der Waals surface area contributed by atoms with E-state index in [-0.39, 0.29) is 0 Å². The van der Waals surface area contributed by atoms with Crippen LogP contribution in [0.4, 0.5) is 0 Å². The van der Waals surface area contributed by atoms with E-state index < -0.39 is 0 Å². The molecule has 6 rings (SSSR count). The maximum atomic E-state index is 2.34. The molecule has 0 N–H and O–H groups in total. The third kappa shape index (κ3) is 9.32. The Bertz CT molecular complexity index is 1190. The van der Waals surface area contributed by atoms with E-state index in [0.29, 0.717) is 17.8 Å². The van der Waals surface area contributed by atoms with Crippen LogP contribution >= 0.6 is 0 Å². The molecule has 0 spiro atoms. The number of hydrogen-bond donors (Lipinski definition) is 0. The van der Waals surface area contributed by atoms with Crippen LogP contribution in [-0.4, -0.2) is 0 Å². The smallest absolute Gasteiger partial charge is 0.0114 e. The quantitative estimate of drug-likeness (QED) is 0.232. The van der Waals surface area contributed by atoms with Crippen molar-refractivity contribution in [3.8, 4) is 0 Å². The lowest BCUT2D eigenvalue weighted by atomic mass is 9.94. The van der Waals surface area contributed by atoms with Crippen molar-refractivity contribution in [3.05, 3.63) is 119 Å². The summed E-state index contributed by atoms with van der Waals surface area (Å²) < 4.78 is 0. The summed E-state index contributed by atoms with van der Waals surface area (Å²) in [5.41, 5.74) is 7.65. The lowest BCUT2D eigenvalue weighted by molar-refractivity contribution is 0.532. The molecule has 0 heteroatoms. The number of fused-ring (bicyclic) bond motifs is 1. The molecule has 0 saturated carbocycles. The molecule has 5 unspecified atom stereocenters. The molecule has 0 bridgehead atoms. The standard InChI is InChI=1S/C14H14.C11H14.C10H14.3C2H6/c1-9-10(2)13-8-4-6-11-5-3-7-12(9)14(11)13;1-8-7-10-5-3-4-6-11(10)9(8)2;1-3-9(2)10-7-5-4-6-8-10;3*1-2/h3-10H,1-2H3;3-6,8-9H,7H2,1-2H3;4-9H,3H2,1-2H3;3*1-2H3. The summed E-state index contributed by atoms with van der Waals surface area (Å²) in [4.78, 5) is 0. The van der Waals surface area contributed by atoms with Gasteiger partial charge in [0.1, 0.15) is 0 Å². The highest BCUT2D eigenvalue weighted by atomic mass is 14.3. The van der Waals surface area contributed by atoms with Crippen molar-refractivity contribution in [2.75, 3.05) is 0 Å². The molecule has 5 atom stereocenters. The molecule has 0 heterocycles. The number of hydrogen-bond acceptors (Lipinski definition) is 0. The van der Waals surface area contributed by atoms with Crippen LogP contribution in [0.15, 0.2) is 91.0 Å². The SMILES string of the molecule is CC.CC.CC.CC1Cc2ccccc2C1C.CC1c2cccc3cccc(c23)C1C.CCC(C)c1ccccc1. The first kappa shape index (κ1) is 36.2. The van der Waals surface area contributed by atoms with Gasteiger partial charge in [0.2, 0.25) is 0 Å². The maximum absolute atomic E-state index is 2.34. The van der Waals surface area contributed by atoms with Crippen molar-refractivity contribution in [1.29, 1.82) is 0 Å². The van der Waals surface area contributed by atoms with E-state index >= 15 is 0 Å². The molecule has 224 valence electrons. The fourth-order valence-electron chi connectivity index (χ4n) is 5.71. The van der Waals surface area contributed by atoms with Crippen LogP contribution in [0.5, 0.6) is 0 Å². The van der Waals surface area contributed by atoms with Crippen molar-refractivity contribution in [3.63, 3.8) is 0 Å². The van der Waals surface area contributed by atoms with E-state index in [1.165, 1.54) is 40.3 Å². The van der Waals surface area contributed by atoms with Crippen LogP contribution in [0.25, 0.3) is 10.8 Å². The summed E-state index contributed by atoms with van der Waals surface area (Å²) in [6.45, 7) is 25.8. The summed E-state index contributed by atoms with van der Waals surface area (Å²) in [6.07, 6.45) is 2.50. The van der Waals surface area contributed by atoms with Gasteiger partial charge in [-0.15, -0.1) is 0 Å². The third-order valence-electron chi connectivity index (χ3n) is 8.62. The van der Waals surface area contributed by atoms with Gasteiger partial charge in [-0.2, -0.15) is 0 Å².